The lowest BCUT2D eigenvalue weighted by atomic mass is 10.2. The molecule has 0 unspecified atom stereocenters. The van der Waals surface area contributed by atoms with Gasteiger partial charge in [-0.15, -0.1) is 0 Å². The van der Waals surface area contributed by atoms with Gasteiger partial charge in [0.1, 0.15) is 17.1 Å². The average Bonchev–Trinajstić information content (AvgIpc) is 3.19. The Morgan fingerprint density at radius 2 is 1.62 bits per heavy atom. The number of ether oxygens (including phenoxy) is 3. The van der Waals surface area contributed by atoms with Crippen LogP contribution >= 0.6 is 0 Å². The predicted octanol–water partition coefficient (Wildman–Crippen LogP) is 4.10. The highest BCUT2D eigenvalue weighted by Gasteiger charge is 2.15. The van der Waals surface area contributed by atoms with Gasteiger partial charge in [-0.05, 0) is 30.3 Å². The molecule has 0 bridgehead atoms. The van der Waals surface area contributed by atoms with Crippen LogP contribution in [0.4, 0.5) is 11.5 Å². The van der Waals surface area contributed by atoms with E-state index in [0.29, 0.717) is 40.1 Å². The van der Waals surface area contributed by atoms with Crippen molar-refractivity contribution in [3.05, 3.63) is 48.7 Å². The van der Waals surface area contributed by atoms with Gasteiger partial charge in [0.2, 0.25) is 5.75 Å². The van der Waals surface area contributed by atoms with Crippen molar-refractivity contribution >= 4 is 22.5 Å². The fourth-order valence-corrected chi connectivity index (χ4v) is 3.07. The van der Waals surface area contributed by atoms with E-state index in [0.717, 1.165) is 11.1 Å². The number of methoxy groups -OCH3 is 3. The summed E-state index contributed by atoms with van der Waals surface area (Å²) in [4.78, 5) is 12.4. The first-order chi connectivity index (χ1) is 14.1. The van der Waals surface area contributed by atoms with E-state index in [1.807, 2.05) is 6.07 Å². The third kappa shape index (κ3) is 3.47. The molecule has 0 aliphatic carbocycles. The molecule has 2 aromatic heterocycles. The SMILES string of the molecule is COc1cc(Nc2nccc3[nH]c(-c4ccc(O)cc4)nc23)cc(OC)c1OC. The number of nitrogens with one attached hydrogen (secondary N) is 2. The van der Waals surface area contributed by atoms with Crippen LogP contribution in [0.1, 0.15) is 0 Å². The fourth-order valence-electron chi connectivity index (χ4n) is 3.07. The molecule has 29 heavy (non-hydrogen) atoms. The van der Waals surface area contributed by atoms with Crippen LogP contribution in [-0.2, 0) is 0 Å². The second kappa shape index (κ2) is 7.59. The minimum atomic E-state index is 0.205. The van der Waals surface area contributed by atoms with Gasteiger partial charge in [-0.3, -0.25) is 0 Å². The number of phenols is 1. The van der Waals surface area contributed by atoms with Crippen LogP contribution in [0.3, 0.4) is 0 Å². The second-order valence-corrected chi connectivity index (χ2v) is 6.23. The summed E-state index contributed by atoms with van der Waals surface area (Å²) in [5, 5.41) is 12.8. The molecular formula is C21H20N4O4. The molecule has 8 nitrogen and oxygen atoms in total. The lowest BCUT2D eigenvalue weighted by Gasteiger charge is -2.15. The number of aromatic amines is 1. The number of hydrogen-bond donors (Lipinski definition) is 3. The molecule has 3 N–H and O–H groups in total. The summed E-state index contributed by atoms with van der Waals surface area (Å²) in [6.45, 7) is 0. The zero-order valence-corrected chi connectivity index (χ0v) is 16.2. The van der Waals surface area contributed by atoms with Gasteiger partial charge in [0.25, 0.3) is 0 Å². The van der Waals surface area contributed by atoms with E-state index in [-0.39, 0.29) is 5.75 Å². The maximum atomic E-state index is 9.49. The number of rotatable bonds is 6. The average molecular weight is 392 g/mol. The van der Waals surface area contributed by atoms with Crippen LogP contribution in [0, 0.1) is 0 Å². The zero-order valence-electron chi connectivity index (χ0n) is 16.2. The third-order valence-electron chi connectivity index (χ3n) is 4.47. The van der Waals surface area contributed by atoms with Gasteiger partial charge in [-0.1, -0.05) is 0 Å². The number of fused-ring (bicyclic) bond motifs is 1. The molecule has 0 fully saturated rings. The molecule has 2 aromatic carbocycles. The number of hydrogen-bond acceptors (Lipinski definition) is 7. The molecule has 0 saturated carbocycles. The zero-order chi connectivity index (χ0) is 20.4. The number of aromatic hydroxyl groups is 1. The Balaban J connectivity index is 1.74. The Morgan fingerprint density at radius 3 is 2.24 bits per heavy atom. The topological polar surface area (TPSA) is 102 Å². The maximum Gasteiger partial charge on any atom is 0.203 e. The molecule has 4 rings (SSSR count). The van der Waals surface area contributed by atoms with Gasteiger partial charge in [-0.2, -0.15) is 0 Å². The minimum Gasteiger partial charge on any atom is -0.508 e. The Kier molecular flexibility index (Phi) is 4.82. The summed E-state index contributed by atoms with van der Waals surface area (Å²) < 4.78 is 16.2. The monoisotopic (exact) mass is 392 g/mol. The van der Waals surface area contributed by atoms with E-state index in [2.05, 4.69) is 20.3 Å². The molecule has 148 valence electrons. The van der Waals surface area contributed by atoms with Crippen LogP contribution in [0.25, 0.3) is 22.4 Å². The standard InChI is InChI=1S/C21H20N4O4/c1-27-16-10-13(11-17(28-2)19(16)29-3)23-21-18-15(8-9-22-21)24-20(25-18)12-4-6-14(26)7-5-12/h4-11,26H,1-3H3,(H,22,23)(H,24,25). The first-order valence-corrected chi connectivity index (χ1v) is 8.84. The van der Waals surface area contributed by atoms with Gasteiger partial charge in [-0.25, -0.2) is 9.97 Å². The number of imidazole rings is 1. The van der Waals surface area contributed by atoms with Crippen molar-refractivity contribution in [2.45, 2.75) is 0 Å². The largest absolute Gasteiger partial charge is 0.508 e. The van der Waals surface area contributed by atoms with Crippen LogP contribution in [0.2, 0.25) is 0 Å². The first-order valence-electron chi connectivity index (χ1n) is 8.84. The molecule has 0 radical (unpaired) electrons. The lowest BCUT2D eigenvalue weighted by Crippen LogP contribution is -1.99. The number of phenolic OH excluding ortho intramolecular Hbond substituents is 1. The molecule has 0 aliphatic heterocycles. The summed E-state index contributed by atoms with van der Waals surface area (Å²) in [7, 11) is 4.69. The smallest absolute Gasteiger partial charge is 0.203 e. The van der Waals surface area contributed by atoms with Gasteiger partial charge in [0.05, 0.1) is 26.8 Å². The third-order valence-corrected chi connectivity index (χ3v) is 4.47. The molecule has 0 spiro atoms. The molecule has 0 aliphatic rings. The van der Waals surface area contributed by atoms with E-state index >= 15 is 0 Å². The van der Waals surface area contributed by atoms with Gasteiger partial charge in [0, 0.05) is 29.6 Å². The van der Waals surface area contributed by atoms with Crippen molar-refractivity contribution in [1.29, 1.82) is 0 Å². The van der Waals surface area contributed by atoms with Crippen molar-refractivity contribution < 1.29 is 19.3 Å². The lowest BCUT2D eigenvalue weighted by molar-refractivity contribution is 0.324. The van der Waals surface area contributed by atoms with E-state index < -0.39 is 0 Å². The van der Waals surface area contributed by atoms with Gasteiger partial charge >= 0.3 is 0 Å². The van der Waals surface area contributed by atoms with Crippen LogP contribution in [0.5, 0.6) is 23.0 Å². The van der Waals surface area contributed by atoms with Crippen LogP contribution in [0.15, 0.2) is 48.7 Å². The Hall–Kier alpha value is -3.94. The maximum absolute atomic E-state index is 9.49. The Morgan fingerprint density at radius 1 is 0.931 bits per heavy atom. The van der Waals surface area contributed by atoms with Crippen molar-refractivity contribution in [2.75, 3.05) is 26.6 Å². The second-order valence-electron chi connectivity index (χ2n) is 6.23. The summed E-state index contributed by atoms with van der Waals surface area (Å²) in [5.41, 5.74) is 3.09. The van der Waals surface area contributed by atoms with Crippen LogP contribution in [-0.4, -0.2) is 41.4 Å². The molecule has 0 saturated heterocycles. The number of anilines is 2. The minimum absolute atomic E-state index is 0.205. The Bertz CT molecular complexity index is 1130. The number of benzene rings is 2. The fraction of sp³-hybridized carbons (Fsp3) is 0.143. The van der Waals surface area contributed by atoms with Crippen molar-refractivity contribution in [3.63, 3.8) is 0 Å². The van der Waals surface area contributed by atoms with E-state index in [1.54, 1.807) is 63.9 Å². The molecular weight excluding hydrogens is 372 g/mol. The quantitative estimate of drug-likeness (QED) is 0.454. The molecule has 8 heteroatoms. The summed E-state index contributed by atoms with van der Waals surface area (Å²) >= 11 is 0. The van der Waals surface area contributed by atoms with E-state index in [1.165, 1.54) is 0 Å². The van der Waals surface area contributed by atoms with E-state index in [4.69, 9.17) is 14.2 Å². The highest BCUT2D eigenvalue weighted by Crippen LogP contribution is 2.41. The number of pyridine rings is 1. The van der Waals surface area contributed by atoms with Gasteiger partial charge < -0.3 is 29.6 Å². The summed E-state index contributed by atoms with van der Waals surface area (Å²) in [6.07, 6.45) is 1.70. The number of nitrogens with zero attached hydrogens (tertiary/aromatic N) is 2. The molecule has 2 heterocycles. The normalized spacial score (nSPS) is 10.7. The highest BCUT2D eigenvalue weighted by atomic mass is 16.5. The van der Waals surface area contributed by atoms with Crippen molar-refractivity contribution in [3.8, 4) is 34.4 Å². The predicted molar refractivity (Wildman–Crippen MR) is 110 cm³/mol. The summed E-state index contributed by atoms with van der Waals surface area (Å²) in [6, 6.07) is 12.3. The number of H-pyrrole nitrogens is 1. The van der Waals surface area contributed by atoms with Crippen molar-refractivity contribution in [1.82, 2.24) is 15.0 Å². The molecule has 0 atom stereocenters. The van der Waals surface area contributed by atoms with E-state index in [9.17, 15) is 5.11 Å². The van der Waals surface area contributed by atoms with Crippen molar-refractivity contribution in [2.24, 2.45) is 0 Å². The summed E-state index contributed by atoms with van der Waals surface area (Å²) in [5.74, 6) is 3.05. The first kappa shape index (κ1) is 18.4. The number of aromatic nitrogens is 3. The molecule has 0 amide bonds. The van der Waals surface area contributed by atoms with Gasteiger partial charge in [0.15, 0.2) is 17.3 Å². The highest BCUT2D eigenvalue weighted by molar-refractivity contribution is 5.90. The molecule has 4 aromatic rings. The Labute approximate surface area is 167 Å². The van der Waals surface area contributed by atoms with Crippen LogP contribution < -0.4 is 19.5 Å².